The van der Waals surface area contributed by atoms with Gasteiger partial charge in [-0.15, -0.1) is 0 Å². The average molecular weight is 427 g/mol. The molecule has 0 saturated carbocycles. The van der Waals surface area contributed by atoms with E-state index in [1.54, 1.807) is 0 Å². The van der Waals surface area contributed by atoms with Gasteiger partial charge >= 0.3 is 41.5 Å². The van der Waals surface area contributed by atoms with E-state index in [-0.39, 0.29) is 48.2 Å². The second kappa shape index (κ2) is 15.2. The fourth-order valence-corrected chi connectivity index (χ4v) is 1.41. The van der Waals surface area contributed by atoms with E-state index >= 15 is 0 Å². The van der Waals surface area contributed by atoms with Crippen molar-refractivity contribution in [3.05, 3.63) is 0 Å². The normalized spacial score (nSPS) is 12.3. The van der Waals surface area contributed by atoms with Gasteiger partial charge in [0.2, 0.25) is 22.2 Å². The maximum absolute atomic E-state index is 11.5. The van der Waals surface area contributed by atoms with Gasteiger partial charge in [-0.05, 0) is 6.42 Å². The zero-order chi connectivity index (χ0) is 20.2. The smallest absolute Gasteiger partial charge is 0.726 e. The Kier molecular flexibility index (Phi) is 17.4. The predicted molar refractivity (Wildman–Crippen MR) is 83.6 cm³/mol. The predicted octanol–water partition coefficient (Wildman–Crippen LogP) is -6.20. The van der Waals surface area contributed by atoms with Crippen LogP contribution in [0.5, 0.6) is 0 Å². The molecule has 2 unspecified atom stereocenters. The molecule has 0 aromatic carbocycles. The van der Waals surface area contributed by atoms with Crippen LogP contribution in [0.15, 0.2) is 0 Å². The summed E-state index contributed by atoms with van der Waals surface area (Å²) in [4.78, 5) is 43.7. The molecule has 0 saturated heterocycles. The molecular formula is C10H18N3NaO10S2. The number of hydrogen-bond donors (Lipinski definition) is 7. The van der Waals surface area contributed by atoms with Gasteiger partial charge in [-0.25, -0.2) is 8.42 Å². The van der Waals surface area contributed by atoms with Gasteiger partial charge in [0.25, 0.3) is 0 Å². The minimum atomic E-state index is -4.92. The van der Waals surface area contributed by atoms with Crippen LogP contribution in [-0.4, -0.2) is 75.9 Å². The van der Waals surface area contributed by atoms with Crippen molar-refractivity contribution in [3.63, 3.8) is 0 Å². The number of carbonyl (C=O) groups is 4. The van der Waals surface area contributed by atoms with E-state index in [4.69, 9.17) is 33.5 Å². The van der Waals surface area contributed by atoms with E-state index in [0.29, 0.717) is 0 Å². The van der Waals surface area contributed by atoms with Gasteiger partial charge in [0.1, 0.15) is 18.6 Å². The molecular weight excluding hydrogens is 409 g/mol. The van der Waals surface area contributed by atoms with Gasteiger partial charge < -0.3 is 31.1 Å². The van der Waals surface area contributed by atoms with E-state index in [9.17, 15) is 19.2 Å². The molecule has 0 aliphatic rings. The molecule has 0 aliphatic carbocycles. The third kappa shape index (κ3) is 21.1. The van der Waals surface area contributed by atoms with Gasteiger partial charge in [-0.1, -0.05) is 0 Å². The fraction of sp³-hybridized carbons (Fsp3) is 0.600. The van der Waals surface area contributed by atoms with Crippen LogP contribution in [0.4, 0.5) is 0 Å². The molecule has 0 aromatic heterocycles. The summed E-state index contributed by atoms with van der Waals surface area (Å²) < 4.78 is 32.8. The summed E-state index contributed by atoms with van der Waals surface area (Å²) in [6.07, 6.45) is -0.235. The van der Waals surface area contributed by atoms with Crippen molar-refractivity contribution in [1.29, 1.82) is 0 Å². The van der Waals surface area contributed by atoms with E-state index < -0.39 is 52.8 Å². The quantitative estimate of drug-likeness (QED) is 0.0790. The second-order valence-corrected chi connectivity index (χ2v) is 5.55. The van der Waals surface area contributed by atoms with E-state index in [1.807, 2.05) is 0 Å². The molecule has 13 nitrogen and oxygen atoms in total. The number of carboxylic acids is 2. The molecule has 146 valence electrons. The molecule has 0 spiro atoms. The van der Waals surface area contributed by atoms with Gasteiger partial charge in [0.15, 0.2) is 0 Å². The van der Waals surface area contributed by atoms with Crippen molar-refractivity contribution in [1.82, 2.24) is 10.6 Å². The molecule has 2 atom stereocenters. The Balaban J connectivity index is -0.000000772. The summed E-state index contributed by atoms with van der Waals surface area (Å²) in [5.41, 5.74) is 5.23. The monoisotopic (exact) mass is 427 g/mol. The van der Waals surface area contributed by atoms with Gasteiger partial charge in [-0.2, -0.15) is 12.6 Å². The maximum atomic E-state index is 11.5. The van der Waals surface area contributed by atoms with E-state index in [0.717, 1.165) is 0 Å². The van der Waals surface area contributed by atoms with E-state index in [1.165, 1.54) is 0 Å². The summed E-state index contributed by atoms with van der Waals surface area (Å²) in [6, 6.07) is -2.15. The Morgan fingerprint density at radius 3 is 2.00 bits per heavy atom. The van der Waals surface area contributed by atoms with Crippen molar-refractivity contribution >= 4 is 46.8 Å². The standard InChI is InChI=1S/C10H17N3O6S.Na.H2O4S/c11-5(10(18)19)1-2-7(14)13-6(4-20)9(17)12-3-8(15)16;;1-5(2,3)4/h5-6,20H,1-4,11H2,(H,12,17)(H,13,14)(H,15,16)(H,18,19);;(H2,1,2,3,4)/q;+1;/p-1. The topological polar surface area (TPSA) is 236 Å². The van der Waals surface area contributed by atoms with Crippen molar-refractivity contribution in [2.24, 2.45) is 5.73 Å². The first kappa shape index (κ1) is 29.8. The van der Waals surface area contributed by atoms with Crippen LogP contribution in [0.2, 0.25) is 0 Å². The molecule has 0 aromatic rings. The Morgan fingerprint density at radius 1 is 1.19 bits per heavy atom. The summed E-state index contributed by atoms with van der Waals surface area (Å²) in [6.45, 7) is -0.567. The number of aliphatic carboxylic acids is 2. The van der Waals surface area contributed by atoms with Crippen LogP contribution in [-0.2, 0) is 29.6 Å². The second-order valence-electron chi connectivity index (χ2n) is 4.33. The number of amides is 2. The third-order valence-electron chi connectivity index (χ3n) is 2.25. The molecule has 0 fully saturated rings. The largest absolute Gasteiger partial charge is 1.00 e. The van der Waals surface area contributed by atoms with Gasteiger partial charge in [0, 0.05) is 12.2 Å². The number of hydrogen-bond acceptors (Lipinski definition) is 9. The van der Waals surface area contributed by atoms with Crippen LogP contribution in [0.1, 0.15) is 12.8 Å². The Labute approximate surface area is 176 Å². The Bertz CT molecular complexity index is 578. The van der Waals surface area contributed by atoms with Gasteiger partial charge in [-0.3, -0.25) is 23.7 Å². The molecule has 16 heteroatoms. The summed E-state index contributed by atoms with van der Waals surface area (Å²) in [5, 5.41) is 21.4. The molecule has 0 heterocycles. The van der Waals surface area contributed by atoms with Crippen molar-refractivity contribution in [3.8, 4) is 0 Å². The number of carbonyl (C=O) groups excluding carboxylic acids is 2. The molecule has 26 heavy (non-hydrogen) atoms. The molecule has 0 radical (unpaired) electrons. The number of carboxylic acid groups (broad SMARTS) is 2. The van der Waals surface area contributed by atoms with Crippen LogP contribution in [0.25, 0.3) is 0 Å². The van der Waals surface area contributed by atoms with Crippen molar-refractivity contribution in [2.45, 2.75) is 24.9 Å². The van der Waals surface area contributed by atoms with Crippen LogP contribution in [0, 0.1) is 0 Å². The van der Waals surface area contributed by atoms with Crippen molar-refractivity contribution < 1.29 is 76.5 Å². The van der Waals surface area contributed by atoms with Crippen LogP contribution < -0.4 is 45.9 Å². The minimum absolute atomic E-state index is 0. The zero-order valence-electron chi connectivity index (χ0n) is 13.6. The molecule has 0 rings (SSSR count). The average Bonchev–Trinajstić information content (AvgIpc) is 2.45. The molecule has 2 amide bonds. The first-order valence-corrected chi connectivity index (χ1v) is 8.34. The molecule has 0 bridgehead atoms. The van der Waals surface area contributed by atoms with Crippen LogP contribution in [0.3, 0.4) is 0 Å². The SMILES string of the molecule is NC(CCC(=O)NC(CS)C(=O)NCC(=O)O)C(=O)O.O=S(=O)([O-])O.[Na+]. The summed E-state index contributed by atoms with van der Waals surface area (Å²) in [5.74, 6) is -3.70. The van der Waals surface area contributed by atoms with Gasteiger partial charge in [0.05, 0.1) is 0 Å². The molecule has 7 N–H and O–H groups in total. The first-order chi connectivity index (χ1) is 11.3. The Hall–Kier alpha value is -0.940. The Morgan fingerprint density at radius 2 is 1.65 bits per heavy atom. The van der Waals surface area contributed by atoms with Crippen molar-refractivity contribution in [2.75, 3.05) is 12.3 Å². The number of nitrogens with one attached hydrogen (secondary N) is 2. The molecule has 0 aliphatic heterocycles. The third-order valence-corrected chi connectivity index (χ3v) is 2.61. The number of rotatable bonds is 9. The first-order valence-electron chi connectivity index (χ1n) is 6.34. The number of thiol groups is 1. The van der Waals surface area contributed by atoms with Crippen LogP contribution >= 0.6 is 12.6 Å². The maximum Gasteiger partial charge on any atom is 1.00 e. The summed E-state index contributed by atoms with van der Waals surface area (Å²) >= 11 is 3.87. The number of nitrogens with two attached hydrogens (primary N) is 1. The summed E-state index contributed by atoms with van der Waals surface area (Å²) in [7, 11) is -4.92. The van der Waals surface area contributed by atoms with E-state index in [2.05, 4.69) is 23.3 Å². The fourth-order valence-electron chi connectivity index (χ4n) is 1.16. The zero-order valence-corrected chi connectivity index (χ0v) is 17.3. The minimum Gasteiger partial charge on any atom is -0.726 e.